The summed E-state index contributed by atoms with van der Waals surface area (Å²) in [6.45, 7) is 0.428. The van der Waals surface area contributed by atoms with Gasteiger partial charge in [-0.1, -0.05) is 31.4 Å². The number of hydrogen-bond donors (Lipinski definition) is 1. The van der Waals surface area contributed by atoms with Gasteiger partial charge in [-0.25, -0.2) is 0 Å². The Labute approximate surface area is 137 Å². The molecule has 0 unspecified atom stereocenters. The summed E-state index contributed by atoms with van der Waals surface area (Å²) in [5.41, 5.74) is 0.743. The number of carbonyl (C=O) groups excluding carboxylic acids is 2. The van der Waals surface area contributed by atoms with Gasteiger partial charge in [-0.2, -0.15) is 0 Å². The lowest BCUT2D eigenvalue weighted by molar-refractivity contribution is -0.127. The van der Waals surface area contributed by atoms with E-state index in [1.165, 1.54) is 19.3 Å². The zero-order valence-electron chi connectivity index (χ0n) is 13.6. The smallest absolute Gasteiger partial charge is 0.227 e. The van der Waals surface area contributed by atoms with Crippen LogP contribution in [0.4, 0.5) is 5.69 Å². The molecule has 1 aliphatic heterocycles. The molecule has 1 N–H and O–H groups in total. The van der Waals surface area contributed by atoms with E-state index in [4.69, 9.17) is 4.74 Å². The SMILES string of the molecule is COc1ccccc1N1C[C@@H](C(=O)NC2CCCCC2)CC1=O. The molecule has 3 rings (SSSR count). The monoisotopic (exact) mass is 316 g/mol. The molecule has 1 aliphatic carbocycles. The van der Waals surface area contributed by atoms with E-state index in [1.807, 2.05) is 24.3 Å². The van der Waals surface area contributed by atoms with Crippen molar-refractivity contribution in [2.45, 2.75) is 44.6 Å². The average molecular weight is 316 g/mol. The van der Waals surface area contributed by atoms with Crippen LogP contribution in [0.1, 0.15) is 38.5 Å². The van der Waals surface area contributed by atoms with E-state index in [9.17, 15) is 9.59 Å². The van der Waals surface area contributed by atoms with Crippen LogP contribution in [0.3, 0.4) is 0 Å². The first kappa shape index (κ1) is 15.8. The molecule has 1 saturated carbocycles. The van der Waals surface area contributed by atoms with Crippen LogP contribution in [0.2, 0.25) is 0 Å². The van der Waals surface area contributed by atoms with Gasteiger partial charge in [0.25, 0.3) is 0 Å². The second-order valence-electron chi connectivity index (χ2n) is 6.42. The summed E-state index contributed by atoms with van der Waals surface area (Å²) in [5, 5.41) is 3.13. The molecule has 1 aromatic rings. The minimum atomic E-state index is -0.269. The molecule has 0 radical (unpaired) electrons. The quantitative estimate of drug-likeness (QED) is 0.928. The first-order chi connectivity index (χ1) is 11.2. The number of amides is 2. The van der Waals surface area contributed by atoms with E-state index in [1.54, 1.807) is 12.0 Å². The normalized spacial score (nSPS) is 22.2. The third kappa shape index (κ3) is 3.49. The predicted molar refractivity (Wildman–Crippen MR) is 88.5 cm³/mol. The summed E-state index contributed by atoms with van der Waals surface area (Å²) in [6.07, 6.45) is 6.02. The van der Waals surface area contributed by atoms with Gasteiger partial charge in [-0.3, -0.25) is 9.59 Å². The van der Waals surface area contributed by atoms with Crippen LogP contribution in [0, 0.1) is 5.92 Å². The second-order valence-corrected chi connectivity index (χ2v) is 6.42. The number of methoxy groups -OCH3 is 1. The first-order valence-corrected chi connectivity index (χ1v) is 8.43. The maximum absolute atomic E-state index is 12.5. The van der Waals surface area contributed by atoms with Crippen molar-refractivity contribution < 1.29 is 14.3 Å². The topological polar surface area (TPSA) is 58.6 Å². The van der Waals surface area contributed by atoms with Gasteiger partial charge < -0.3 is 15.0 Å². The number of ether oxygens (including phenoxy) is 1. The highest BCUT2D eigenvalue weighted by molar-refractivity contribution is 6.01. The molecule has 2 aliphatic rings. The Balaban J connectivity index is 1.66. The minimum absolute atomic E-state index is 0.0155. The Morgan fingerprint density at radius 3 is 2.70 bits per heavy atom. The average Bonchev–Trinajstić information content (AvgIpc) is 2.97. The molecular weight excluding hydrogens is 292 g/mol. The van der Waals surface area contributed by atoms with E-state index in [0.717, 1.165) is 18.5 Å². The molecule has 1 heterocycles. The highest BCUT2D eigenvalue weighted by Crippen LogP contribution is 2.33. The van der Waals surface area contributed by atoms with E-state index in [0.29, 0.717) is 12.3 Å². The summed E-state index contributed by atoms with van der Waals surface area (Å²) >= 11 is 0. The number of hydrogen-bond acceptors (Lipinski definition) is 3. The van der Waals surface area contributed by atoms with Crippen LogP contribution in [-0.2, 0) is 9.59 Å². The zero-order valence-corrected chi connectivity index (χ0v) is 13.6. The molecule has 2 fully saturated rings. The minimum Gasteiger partial charge on any atom is -0.495 e. The Bertz CT molecular complexity index is 581. The highest BCUT2D eigenvalue weighted by Gasteiger charge is 2.36. The number of anilines is 1. The summed E-state index contributed by atoms with van der Waals surface area (Å²) in [4.78, 5) is 26.5. The lowest BCUT2D eigenvalue weighted by Gasteiger charge is -2.24. The second kappa shape index (κ2) is 7.02. The molecule has 1 saturated heterocycles. The van der Waals surface area contributed by atoms with Gasteiger partial charge in [-0.15, -0.1) is 0 Å². The lowest BCUT2D eigenvalue weighted by atomic mass is 9.95. The van der Waals surface area contributed by atoms with Crippen molar-refractivity contribution in [3.8, 4) is 5.75 Å². The predicted octanol–water partition coefficient (Wildman–Crippen LogP) is 2.50. The van der Waals surface area contributed by atoms with Gasteiger partial charge in [0, 0.05) is 19.0 Å². The molecule has 0 spiro atoms. The van der Waals surface area contributed by atoms with Crippen LogP contribution >= 0.6 is 0 Å². The molecule has 1 aromatic carbocycles. The Morgan fingerprint density at radius 2 is 1.96 bits per heavy atom. The van der Waals surface area contributed by atoms with Crippen molar-refractivity contribution in [1.29, 1.82) is 0 Å². The molecule has 0 bridgehead atoms. The van der Waals surface area contributed by atoms with Crippen molar-refractivity contribution in [2.24, 2.45) is 5.92 Å². The summed E-state index contributed by atoms with van der Waals surface area (Å²) in [6, 6.07) is 7.72. The molecule has 5 nitrogen and oxygen atoms in total. The Hall–Kier alpha value is -2.04. The van der Waals surface area contributed by atoms with Gasteiger partial charge in [0.15, 0.2) is 0 Å². The fraction of sp³-hybridized carbons (Fsp3) is 0.556. The van der Waals surface area contributed by atoms with Crippen molar-refractivity contribution in [3.05, 3.63) is 24.3 Å². The number of rotatable bonds is 4. The molecule has 1 atom stereocenters. The summed E-state index contributed by atoms with van der Waals surface area (Å²) in [5.74, 6) is 0.393. The van der Waals surface area contributed by atoms with Crippen LogP contribution < -0.4 is 15.0 Å². The van der Waals surface area contributed by atoms with Crippen LogP contribution in [0.5, 0.6) is 5.75 Å². The number of nitrogens with one attached hydrogen (secondary N) is 1. The summed E-state index contributed by atoms with van der Waals surface area (Å²) < 4.78 is 5.33. The number of nitrogens with zero attached hydrogens (tertiary/aromatic N) is 1. The third-order valence-corrected chi connectivity index (χ3v) is 4.82. The van der Waals surface area contributed by atoms with Crippen LogP contribution in [0.25, 0.3) is 0 Å². The fourth-order valence-electron chi connectivity index (χ4n) is 3.53. The van der Waals surface area contributed by atoms with Crippen molar-refractivity contribution in [3.63, 3.8) is 0 Å². The van der Waals surface area contributed by atoms with Crippen LogP contribution in [-0.4, -0.2) is 31.5 Å². The van der Waals surface area contributed by atoms with E-state index in [2.05, 4.69) is 5.32 Å². The van der Waals surface area contributed by atoms with E-state index >= 15 is 0 Å². The molecule has 23 heavy (non-hydrogen) atoms. The van der Waals surface area contributed by atoms with E-state index in [-0.39, 0.29) is 30.2 Å². The van der Waals surface area contributed by atoms with Crippen LogP contribution in [0.15, 0.2) is 24.3 Å². The third-order valence-electron chi connectivity index (χ3n) is 4.82. The standard InChI is InChI=1S/C18H24N2O3/c1-23-16-10-6-5-9-15(16)20-12-13(11-17(20)21)18(22)19-14-7-3-2-4-8-14/h5-6,9-10,13-14H,2-4,7-8,11-12H2,1H3,(H,19,22)/t13-/m0/s1. The van der Waals surface area contributed by atoms with Crippen molar-refractivity contribution in [2.75, 3.05) is 18.6 Å². The van der Waals surface area contributed by atoms with Gasteiger partial charge >= 0.3 is 0 Å². The maximum atomic E-state index is 12.5. The van der Waals surface area contributed by atoms with Crippen molar-refractivity contribution in [1.82, 2.24) is 5.32 Å². The molecule has 2 amide bonds. The number of para-hydroxylation sites is 2. The molecule has 124 valence electrons. The highest BCUT2D eigenvalue weighted by atomic mass is 16.5. The van der Waals surface area contributed by atoms with Gasteiger partial charge in [0.05, 0.1) is 18.7 Å². The van der Waals surface area contributed by atoms with Crippen molar-refractivity contribution >= 4 is 17.5 Å². The maximum Gasteiger partial charge on any atom is 0.227 e. The largest absolute Gasteiger partial charge is 0.495 e. The van der Waals surface area contributed by atoms with Gasteiger partial charge in [0.2, 0.25) is 11.8 Å². The fourth-order valence-corrected chi connectivity index (χ4v) is 3.53. The summed E-state index contributed by atoms with van der Waals surface area (Å²) in [7, 11) is 1.59. The number of benzene rings is 1. The van der Waals surface area contributed by atoms with E-state index < -0.39 is 0 Å². The van der Waals surface area contributed by atoms with Gasteiger partial charge in [0.1, 0.15) is 5.75 Å². The lowest BCUT2D eigenvalue weighted by Crippen LogP contribution is -2.40. The van der Waals surface area contributed by atoms with Gasteiger partial charge in [-0.05, 0) is 25.0 Å². The Morgan fingerprint density at radius 1 is 1.22 bits per heavy atom. The molecular formula is C18H24N2O3. The molecule has 0 aromatic heterocycles. The zero-order chi connectivity index (χ0) is 16.2. The first-order valence-electron chi connectivity index (χ1n) is 8.43. The Kier molecular flexibility index (Phi) is 4.84. The molecule has 5 heteroatoms. The number of carbonyl (C=O) groups is 2.